The molecule has 0 fully saturated rings. The zero-order chi connectivity index (χ0) is 12.8. The van der Waals surface area contributed by atoms with Gasteiger partial charge in [-0.1, -0.05) is 24.3 Å². The monoisotopic (exact) mass is 268 g/mol. The summed E-state index contributed by atoms with van der Waals surface area (Å²) in [6, 6.07) is 13.2. The van der Waals surface area contributed by atoms with Crippen LogP contribution in [-0.2, 0) is 11.3 Å². The van der Waals surface area contributed by atoms with Gasteiger partial charge in [0.25, 0.3) is 0 Å². The molecule has 19 heavy (non-hydrogen) atoms. The van der Waals surface area contributed by atoms with Gasteiger partial charge in [0.15, 0.2) is 0 Å². The number of hydrogen-bond donors (Lipinski definition) is 0. The molecule has 0 amide bonds. The highest BCUT2D eigenvalue weighted by atomic mass is 32.1. The lowest BCUT2D eigenvalue weighted by Crippen LogP contribution is -2.40. The number of fused-ring (bicyclic) bond motifs is 2. The molecule has 0 unspecified atom stereocenters. The highest BCUT2D eigenvalue weighted by Gasteiger charge is 2.31. The van der Waals surface area contributed by atoms with Gasteiger partial charge in [0.2, 0.25) is 0 Å². The number of benzene rings is 2. The molecule has 0 radical (unpaired) electrons. The van der Waals surface area contributed by atoms with Crippen molar-refractivity contribution in [3.8, 4) is 0 Å². The van der Waals surface area contributed by atoms with Crippen LogP contribution in [0, 0.1) is 5.82 Å². The van der Waals surface area contributed by atoms with Crippen LogP contribution >= 0.6 is 11.3 Å². The number of halogens is 1. The third-order valence-corrected chi connectivity index (χ3v) is 4.57. The first-order chi connectivity index (χ1) is 9.33. The molecule has 4 rings (SSSR count). The second-order valence-electron chi connectivity index (χ2n) is 4.72. The van der Waals surface area contributed by atoms with Crippen LogP contribution in [0.2, 0.25) is 0 Å². The van der Waals surface area contributed by atoms with Gasteiger partial charge in [-0.15, -0.1) is 11.3 Å². The van der Waals surface area contributed by atoms with Crippen LogP contribution in [0.5, 0.6) is 0 Å². The van der Waals surface area contributed by atoms with E-state index in [-0.39, 0.29) is 12.7 Å². The van der Waals surface area contributed by atoms with Crippen molar-refractivity contribution >= 4 is 39.3 Å². The Balaban J connectivity index is 1.87. The van der Waals surface area contributed by atoms with Gasteiger partial charge in [0, 0.05) is 4.70 Å². The van der Waals surface area contributed by atoms with E-state index in [2.05, 4.69) is 17.5 Å². The summed E-state index contributed by atoms with van der Waals surface area (Å²) >= 11 is 1.72. The van der Waals surface area contributed by atoms with E-state index >= 15 is 0 Å². The van der Waals surface area contributed by atoms with Crippen LogP contribution in [-0.4, -0.2) is 6.92 Å². The second-order valence-corrected chi connectivity index (χ2v) is 5.63. The minimum atomic E-state index is -0.196. The summed E-state index contributed by atoms with van der Waals surface area (Å²) < 4.78 is 20.4. The normalized spacial score (nSPS) is 14.1. The van der Waals surface area contributed by atoms with Gasteiger partial charge in [-0.25, -0.2) is 4.39 Å². The maximum Gasteiger partial charge on any atom is 0.363 e. The Hall–Kier alpha value is -1.65. The lowest BCUT2D eigenvalue weighted by molar-refractivity contribution is 0.336. The SMILES string of the molecule is Fc1ccc2c(c1)COB2c1csc2ccccc12. The second kappa shape index (κ2) is 4.18. The van der Waals surface area contributed by atoms with Crippen molar-refractivity contribution in [2.45, 2.75) is 6.61 Å². The zero-order valence-electron chi connectivity index (χ0n) is 10.1. The first-order valence-electron chi connectivity index (χ1n) is 6.19. The molecule has 0 spiro atoms. The quantitative estimate of drug-likeness (QED) is 0.616. The average Bonchev–Trinajstić information content (AvgIpc) is 3.01. The molecule has 1 aliphatic heterocycles. The third kappa shape index (κ3) is 1.71. The molecule has 2 heterocycles. The molecule has 0 saturated heterocycles. The van der Waals surface area contributed by atoms with Crippen molar-refractivity contribution in [1.82, 2.24) is 0 Å². The summed E-state index contributed by atoms with van der Waals surface area (Å²) in [5, 5.41) is 3.38. The average molecular weight is 268 g/mol. The maximum absolute atomic E-state index is 13.2. The Morgan fingerprint density at radius 2 is 2.00 bits per heavy atom. The Labute approximate surface area is 114 Å². The van der Waals surface area contributed by atoms with Crippen LogP contribution in [0.15, 0.2) is 47.8 Å². The molecule has 0 saturated carbocycles. The number of thiophene rings is 1. The van der Waals surface area contributed by atoms with E-state index in [1.54, 1.807) is 17.4 Å². The van der Waals surface area contributed by atoms with Gasteiger partial charge in [0.05, 0.1) is 6.61 Å². The zero-order valence-corrected chi connectivity index (χ0v) is 10.9. The molecule has 1 aromatic heterocycles. The highest BCUT2D eigenvalue weighted by Crippen LogP contribution is 2.21. The van der Waals surface area contributed by atoms with Crippen molar-refractivity contribution in [2.75, 3.05) is 0 Å². The Bertz CT molecular complexity index is 768. The van der Waals surface area contributed by atoms with E-state index in [0.717, 1.165) is 11.0 Å². The minimum absolute atomic E-state index is 0.0632. The predicted octanol–water partition coefficient (Wildman–Crippen LogP) is 2.68. The summed E-state index contributed by atoms with van der Waals surface area (Å²) in [4.78, 5) is 0. The summed E-state index contributed by atoms with van der Waals surface area (Å²) in [5.41, 5.74) is 3.23. The molecular weight excluding hydrogens is 258 g/mol. The number of rotatable bonds is 1. The first-order valence-corrected chi connectivity index (χ1v) is 7.07. The molecule has 0 aliphatic carbocycles. The molecule has 3 aromatic rings. The van der Waals surface area contributed by atoms with Crippen LogP contribution in [0.1, 0.15) is 5.56 Å². The van der Waals surface area contributed by atoms with Crippen LogP contribution in [0.3, 0.4) is 0 Å². The Kier molecular flexibility index (Phi) is 2.47. The topological polar surface area (TPSA) is 9.23 Å². The fraction of sp³-hybridized carbons (Fsp3) is 0.0667. The fourth-order valence-electron chi connectivity index (χ4n) is 2.68. The molecular formula is C15H10BFOS. The maximum atomic E-state index is 13.2. The molecule has 1 nitrogen and oxygen atoms in total. The van der Waals surface area contributed by atoms with Crippen molar-refractivity contribution in [3.63, 3.8) is 0 Å². The Morgan fingerprint density at radius 1 is 1.11 bits per heavy atom. The minimum Gasteiger partial charge on any atom is -0.423 e. The van der Waals surface area contributed by atoms with E-state index in [4.69, 9.17) is 4.65 Å². The van der Waals surface area contributed by atoms with Crippen LogP contribution in [0.25, 0.3) is 10.1 Å². The van der Waals surface area contributed by atoms with Gasteiger partial charge in [-0.05, 0) is 45.5 Å². The fourth-order valence-corrected chi connectivity index (χ4v) is 3.65. The van der Waals surface area contributed by atoms with E-state index in [1.807, 2.05) is 18.2 Å². The van der Waals surface area contributed by atoms with E-state index in [0.29, 0.717) is 6.61 Å². The molecule has 0 N–H and O–H groups in total. The van der Waals surface area contributed by atoms with Gasteiger partial charge in [0.1, 0.15) is 5.82 Å². The summed E-state index contributed by atoms with van der Waals surface area (Å²) in [6.07, 6.45) is 0. The molecule has 4 heteroatoms. The predicted molar refractivity (Wildman–Crippen MR) is 78.0 cm³/mol. The standard InChI is InChI=1S/C15H10BFOS/c17-11-5-6-13-10(7-11)8-18-16(13)14-9-19-15-4-2-1-3-12(14)15/h1-7,9H,8H2. The lowest BCUT2D eigenvalue weighted by atomic mass is 9.56. The van der Waals surface area contributed by atoms with Gasteiger partial charge >= 0.3 is 6.92 Å². The number of hydrogen-bond acceptors (Lipinski definition) is 2. The summed E-state index contributed by atoms with van der Waals surface area (Å²) in [5.74, 6) is -0.196. The molecule has 2 aromatic carbocycles. The van der Waals surface area contributed by atoms with Crippen molar-refractivity contribution in [1.29, 1.82) is 0 Å². The Morgan fingerprint density at radius 3 is 2.95 bits per heavy atom. The third-order valence-electron chi connectivity index (χ3n) is 3.59. The lowest BCUT2D eigenvalue weighted by Gasteiger charge is -2.05. The van der Waals surface area contributed by atoms with E-state index in [1.165, 1.54) is 21.6 Å². The molecule has 0 atom stereocenters. The van der Waals surface area contributed by atoms with Gasteiger partial charge in [-0.3, -0.25) is 0 Å². The van der Waals surface area contributed by atoms with Crippen molar-refractivity contribution < 1.29 is 9.04 Å². The molecule has 1 aliphatic rings. The van der Waals surface area contributed by atoms with Gasteiger partial charge < -0.3 is 4.65 Å². The molecule has 0 bridgehead atoms. The largest absolute Gasteiger partial charge is 0.423 e. The van der Waals surface area contributed by atoms with Crippen LogP contribution in [0.4, 0.5) is 4.39 Å². The van der Waals surface area contributed by atoms with E-state index < -0.39 is 0 Å². The highest BCUT2D eigenvalue weighted by molar-refractivity contribution is 7.19. The summed E-state index contributed by atoms with van der Waals surface area (Å²) in [7, 11) is 0. The van der Waals surface area contributed by atoms with Crippen molar-refractivity contribution in [2.24, 2.45) is 0 Å². The summed E-state index contributed by atoms with van der Waals surface area (Å²) in [6.45, 7) is 0.425. The van der Waals surface area contributed by atoms with E-state index in [9.17, 15) is 4.39 Å². The van der Waals surface area contributed by atoms with Gasteiger partial charge in [-0.2, -0.15) is 0 Å². The smallest absolute Gasteiger partial charge is 0.363 e. The van der Waals surface area contributed by atoms with Crippen LogP contribution < -0.4 is 10.9 Å². The van der Waals surface area contributed by atoms with Crippen molar-refractivity contribution in [3.05, 3.63) is 59.2 Å². The molecule has 92 valence electrons. The first kappa shape index (κ1) is 11.2.